The van der Waals surface area contributed by atoms with Gasteiger partial charge in [-0.25, -0.2) is 9.97 Å². The van der Waals surface area contributed by atoms with Crippen LogP contribution in [0.5, 0.6) is 0 Å². The molecule has 0 saturated carbocycles. The van der Waals surface area contributed by atoms with Crippen molar-refractivity contribution in [2.24, 2.45) is 5.92 Å². The summed E-state index contributed by atoms with van der Waals surface area (Å²) in [7, 11) is 0. The zero-order chi connectivity index (χ0) is 19.5. The minimum Gasteiger partial charge on any atom is -0.337 e. The van der Waals surface area contributed by atoms with E-state index in [2.05, 4.69) is 21.4 Å². The molecule has 2 rings (SSSR count). The van der Waals surface area contributed by atoms with E-state index in [0.29, 0.717) is 5.39 Å². The minimum absolute atomic E-state index is 0.0706. The van der Waals surface area contributed by atoms with Crippen molar-refractivity contribution in [3.8, 4) is 6.07 Å². The molecule has 1 N–H and O–H groups in total. The highest BCUT2D eigenvalue weighted by Crippen LogP contribution is 2.32. The van der Waals surface area contributed by atoms with E-state index >= 15 is 0 Å². The fourth-order valence-corrected chi connectivity index (χ4v) is 2.86. The summed E-state index contributed by atoms with van der Waals surface area (Å²) >= 11 is 0.879. The number of benzene rings is 1. The molecule has 0 fully saturated rings. The molecule has 0 aliphatic carbocycles. The summed E-state index contributed by atoms with van der Waals surface area (Å²) in [6.45, 7) is 5.19. The Hall–Kier alpha value is -2.34. The fourth-order valence-electron chi connectivity index (χ4n) is 2.05. The highest BCUT2D eigenvalue weighted by molar-refractivity contribution is 8.00. The van der Waals surface area contributed by atoms with Gasteiger partial charge in [-0.3, -0.25) is 4.79 Å². The van der Waals surface area contributed by atoms with E-state index in [9.17, 15) is 23.2 Å². The third-order valence-corrected chi connectivity index (χ3v) is 4.94. The number of nitrogens with one attached hydrogen (secondary N) is 1. The number of thioether (sulfide) groups is 1. The van der Waals surface area contributed by atoms with Gasteiger partial charge in [-0.15, -0.1) is 0 Å². The summed E-state index contributed by atoms with van der Waals surface area (Å²) < 4.78 is 39.0. The second-order valence-corrected chi connectivity index (χ2v) is 7.14. The number of alkyl halides is 3. The number of hydrogen-bond donors (Lipinski definition) is 1. The van der Waals surface area contributed by atoms with E-state index in [1.165, 1.54) is 6.07 Å². The molecule has 5 nitrogen and oxygen atoms in total. The van der Waals surface area contributed by atoms with E-state index in [-0.39, 0.29) is 22.2 Å². The fraction of sp³-hybridized carbons (Fsp3) is 0.412. The standard InChI is InChI=1S/C17H17F3N4OS/c1-10(2)16(3,9-21)24-13(25)8-26-14-11-6-4-5-7-12(11)22-15(23-14)17(18,19)20/h4-7,10H,8H2,1-3H3,(H,24,25). The molecule has 0 aliphatic heterocycles. The van der Waals surface area contributed by atoms with Gasteiger partial charge in [-0.2, -0.15) is 18.4 Å². The summed E-state index contributed by atoms with van der Waals surface area (Å²) in [5.74, 6) is -1.99. The molecule has 2 aromatic rings. The Labute approximate surface area is 153 Å². The number of rotatable bonds is 5. The van der Waals surface area contributed by atoms with Gasteiger partial charge in [0.1, 0.15) is 10.6 Å². The predicted molar refractivity (Wildman–Crippen MR) is 92.3 cm³/mol. The summed E-state index contributed by atoms with van der Waals surface area (Å²) in [4.78, 5) is 19.3. The molecule has 1 aromatic carbocycles. The zero-order valence-electron chi connectivity index (χ0n) is 14.4. The topological polar surface area (TPSA) is 78.7 Å². The molecule has 1 unspecified atom stereocenters. The number of amides is 1. The maximum Gasteiger partial charge on any atom is 0.451 e. The summed E-state index contributed by atoms with van der Waals surface area (Å²) in [5, 5.41) is 12.4. The number of carbonyl (C=O) groups is 1. The third kappa shape index (κ3) is 4.43. The van der Waals surface area contributed by atoms with Crippen molar-refractivity contribution in [3.63, 3.8) is 0 Å². The Morgan fingerprint density at radius 1 is 1.31 bits per heavy atom. The Morgan fingerprint density at radius 3 is 2.54 bits per heavy atom. The lowest BCUT2D eigenvalue weighted by molar-refractivity contribution is -0.145. The number of nitriles is 1. The third-order valence-electron chi connectivity index (χ3n) is 3.95. The first kappa shape index (κ1) is 20.0. The molecule has 1 heterocycles. The normalized spacial score (nSPS) is 14.1. The van der Waals surface area contributed by atoms with Gasteiger partial charge in [0.25, 0.3) is 0 Å². The van der Waals surface area contributed by atoms with Gasteiger partial charge >= 0.3 is 6.18 Å². The predicted octanol–water partition coefficient (Wildman–Crippen LogP) is 3.80. The first-order valence-corrected chi connectivity index (χ1v) is 8.74. The first-order valence-electron chi connectivity index (χ1n) is 7.76. The summed E-state index contributed by atoms with van der Waals surface area (Å²) in [6, 6.07) is 8.35. The molecule has 0 spiro atoms. The zero-order valence-corrected chi connectivity index (χ0v) is 15.2. The summed E-state index contributed by atoms with van der Waals surface area (Å²) in [6.07, 6.45) is -4.68. The van der Waals surface area contributed by atoms with Gasteiger partial charge in [0.05, 0.1) is 17.3 Å². The van der Waals surface area contributed by atoms with E-state index in [1.807, 2.05) is 0 Å². The molecular weight excluding hydrogens is 365 g/mol. The monoisotopic (exact) mass is 382 g/mol. The number of nitrogens with zero attached hydrogens (tertiary/aromatic N) is 3. The van der Waals surface area contributed by atoms with Gasteiger partial charge in [0.15, 0.2) is 0 Å². The van der Waals surface area contributed by atoms with Crippen LogP contribution in [-0.4, -0.2) is 27.2 Å². The molecule has 0 bridgehead atoms. The van der Waals surface area contributed by atoms with Gasteiger partial charge in [0.2, 0.25) is 11.7 Å². The van der Waals surface area contributed by atoms with Crippen LogP contribution in [0.3, 0.4) is 0 Å². The average molecular weight is 382 g/mol. The van der Waals surface area contributed by atoms with Crippen LogP contribution in [0.15, 0.2) is 29.3 Å². The highest BCUT2D eigenvalue weighted by atomic mass is 32.2. The van der Waals surface area contributed by atoms with Crippen molar-refractivity contribution < 1.29 is 18.0 Å². The largest absolute Gasteiger partial charge is 0.451 e. The molecule has 1 amide bonds. The Bertz CT molecular complexity index is 863. The average Bonchev–Trinajstić information content (AvgIpc) is 2.58. The van der Waals surface area contributed by atoms with Gasteiger partial charge in [-0.05, 0) is 18.9 Å². The quantitative estimate of drug-likeness (QED) is 0.629. The van der Waals surface area contributed by atoms with Crippen LogP contribution >= 0.6 is 11.8 Å². The van der Waals surface area contributed by atoms with Crippen LogP contribution < -0.4 is 5.32 Å². The molecule has 0 saturated heterocycles. The number of para-hydroxylation sites is 1. The number of carbonyl (C=O) groups excluding carboxylic acids is 1. The number of aromatic nitrogens is 2. The second kappa shape index (κ2) is 7.50. The van der Waals surface area contributed by atoms with Gasteiger partial charge < -0.3 is 5.32 Å². The van der Waals surface area contributed by atoms with Crippen molar-refractivity contribution in [3.05, 3.63) is 30.1 Å². The molecule has 0 aliphatic rings. The van der Waals surface area contributed by atoms with Crippen LogP contribution in [0.25, 0.3) is 10.9 Å². The molecule has 9 heteroatoms. The molecule has 1 atom stereocenters. The molecule has 0 radical (unpaired) electrons. The van der Waals surface area contributed by atoms with Crippen molar-refractivity contribution in [1.82, 2.24) is 15.3 Å². The van der Waals surface area contributed by atoms with Gasteiger partial charge in [0, 0.05) is 5.39 Å². The van der Waals surface area contributed by atoms with Crippen LogP contribution in [-0.2, 0) is 11.0 Å². The molecule has 26 heavy (non-hydrogen) atoms. The molecule has 1 aromatic heterocycles. The SMILES string of the molecule is CC(C)C(C)(C#N)NC(=O)CSc1nc(C(F)(F)F)nc2ccccc12. The summed E-state index contributed by atoms with van der Waals surface area (Å²) in [5.41, 5.74) is -0.899. The van der Waals surface area contributed by atoms with E-state index < -0.39 is 23.4 Å². The van der Waals surface area contributed by atoms with Crippen molar-refractivity contribution in [2.75, 3.05) is 5.75 Å². The Balaban J connectivity index is 2.25. The van der Waals surface area contributed by atoms with E-state index in [1.54, 1.807) is 39.0 Å². The smallest absolute Gasteiger partial charge is 0.337 e. The van der Waals surface area contributed by atoms with Crippen molar-refractivity contribution >= 4 is 28.6 Å². The van der Waals surface area contributed by atoms with Gasteiger partial charge in [-0.1, -0.05) is 43.8 Å². The van der Waals surface area contributed by atoms with E-state index in [4.69, 9.17) is 0 Å². The van der Waals surface area contributed by atoms with Crippen LogP contribution in [0.4, 0.5) is 13.2 Å². The molecular formula is C17H17F3N4OS. The van der Waals surface area contributed by atoms with Crippen LogP contribution in [0.1, 0.15) is 26.6 Å². The maximum absolute atomic E-state index is 13.0. The van der Waals surface area contributed by atoms with E-state index in [0.717, 1.165) is 11.8 Å². The van der Waals surface area contributed by atoms with Crippen LogP contribution in [0.2, 0.25) is 0 Å². The number of fused-ring (bicyclic) bond motifs is 1. The lowest BCUT2D eigenvalue weighted by atomic mass is 9.90. The Kier molecular flexibility index (Phi) is 5.76. The number of halogens is 3. The highest BCUT2D eigenvalue weighted by Gasteiger charge is 2.36. The molecule has 138 valence electrons. The maximum atomic E-state index is 13.0. The number of hydrogen-bond acceptors (Lipinski definition) is 5. The lowest BCUT2D eigenvalue weighted by Crippen LogP contribution is -2.49. The van der Waals surface area contributed by atoms with Crippen molar-refractivity contribution in [2.45, 2.75) is 37.5 Å². The van der Waals surface area contributed by atoms with Crippen molar-refractivity contribution in [1.29, 1.82) is 5.26 Å². The van der Waals surface area contributed by atoms with Crippen LogP contribution in [0, 0.1) is 17.2 Å². The lowest BCUT2D eigenvalue weighted by Gasteiger charge is -2.27. The first-order chi connectivity index (χ1) is 12.1. The minimum atomic E-state index is -4.68. The Morgan fingerprint density at radius 2 is 1.96 bits per heavy atom. The second-order valence-electron chi connectivity index (χ2n) is 6.17.